The van der Waals surface area contributed by atoms with Gasteiger partial charge >= 0.3 is 0 Å². The van der Waals surface area contributed by atoms with E-state index in [0.717, 1.165) is 30.0 Å². The molecule has 1 N–H and O–H groups in total. The molecule has 2 aromatic rings. The van der Waals surface area contributed by atoms with Gasteiger partial charge in [-0.05, 0) is 36.3 Å². The van der Waals surface area contributed by atoms with Gasteiger partial charge in [-0.15, -0.1) is 0 Å². The van der Waals surface area contributed by atoms with Crippen molar-refractivity contribution in [1.82, 2.24) is 20.2 Å². The number of carbonyl (C=O) groups is 1. The minimum atomic E-state index is -0.0325. The molecule has 0 fully saturated rings. The molecule has 0 saturated heterocycles. The fraction of sp³-hybridized carbons (Fsp3) is 0.421. The standard InChI is InChI=1S/C19H26N4O2/c1-4-23(5-2)18(16-7-6-8-17(10-16)25-3)13-22-19(24)9-15-11-20-14-21-12-15/h6-8,10-12,14,18H,4-5,9,13H2,1-3H3,(H,22,24)/t18-/m0/s1. The second kappa shape index (κ2) is 9.74. The van der Waals surface area contributed by atoms with Crippen LogP contribution in [0.3, 0.4) is 0 Å². The van der Waals surface area contributed by atoms with Crippen LogP contribution in [0.4, 0.5) is 0 Å². The van der Waals surface area contributed by atoms with Gasteiger partial charge in [0.2, 0.25) is 5.91 Å². The van der Waals surface area contributed by atoms with Crippen LogP contribution in [0.5, 0.6) is 5.75 Å². The number of likely N-dealkylation sites (N-methyl/N-ethyl adjacent to an activating group) is 1. The van der Waals surface area contributed by atoms with E-state index in [0.29, 0.717) is 6.54 Å². The van der Waals surface area contributed by atoms with E-state index in [1.807, 2.05) is 18.2 Å². The Morgan fingerprint density at radius 2 is 1.96 bits per heavy atom. The first-order valence-electron chi connectivity index (χ1n) is 8.56. The van der Waals surface area contributed by atoms with Gasteiger partial charge in [0.05, 0.1) is 19.6 Å². The van der Waals surface area contributed by atoms with Crippen LogP contribution in [-0.4, -0.2) is 47.5 Å². The number of hydrogen-bond donors (Lipinski definition) is 1. The van der Waals surface area contributed by atoms with E-state index in [4.69, 9.17) is 4.74 Å². The van der Waals surface area contributed by atoms with Crippen LogP contribution in [0.2, 0.25) is 0 Å². The molecule has 0 bridgehead atoms. The largest absolute Gasteiger partial charge is 0.497 e. The highest BCUT2D eigenvalue weighted by molar-refractivity contribution is 5.78. The van der Waals surface area contributed by atoms with E-state index in [9.17, 15) is 4.79 Å². The molecule has 1 aromatic carbocycles. The number of amides is 1. The summed E-state index contributed by atoms with van der Waals surface area (Å²) >= 11 is 0. The highest BCUT2D eigenvalue weighted by Crippen LogP contribution is 2.23. The summed E-state index contributed by atoms with van der Waals surface area (Å²) in [6.45, 7) is 6.60. The molecule has 2 rings (SSSR count). The Kier molecular flexibility index (Phi) is 7.35. The van der Waals surface area contributed by atoms with Crippen molar-refractivity contribution in [3.8, 4) is 5.75 Å². The molecule has 0 saturated carbocycles. The maximum absolute atomic E-state index is 12.3. The molecule has 1 heterocycles. The number of methoxy groups -OCH3 is 1. The summed E-state index contributed by atoms with van der Waals surface area (Å²) in [4.78, 5) is 22.5. The van der Waals surface area contributed by atoms with E-state index in [1.54, 1.807) is 19.5 Å². The number of hydrogen-bond acceptors (Lipinski definition) is 5. The predicted octanol–water partition coefficient (Wildman–Crippen LogP) is 2.23. The van der Waals surface area contributed by atoms with Crippen molar-refractivity contribution in [2.45, 2.75) is 26.3 Å². The normalized spacial score (nSPS) is 12.0. The molecular formula is C19H26N4O2. The number of nitrogens with zero attached hydrogens (tertiary/aromatic N) is 3. The lowest BCUT2D eigenvalue weighted by atomic mass is 10.0. The van der Waals surface area contributed by atoms with Gasteiger partial charge in [-0.1, -0.05) is 26.0 Å². The summed E-state index contributed by atoms with van der Waals surface area (Å²) in [6.07, 6.45) is 5.07. The zero-order valence-corrected chi connectivity index (χ0v) is 15.1. The Labute approximate surface area is 149 Å². The Morgan fingerprint density at radius 1 is 1.24 bits per heavy atom. The Morgan fingerprint density at radius 3 is 2.60 bits per heavy atom. The Bertz CT molecular complexity index is 659. The zero-order chi connectivity index (χ0) is 18.1. The smallest absolute Gasteiger partial charge is 0.224 e. The summed E-state index contributed by atoms with van der Waals surface area (Å²) in [5.74, 6) is 0.789. The van der Waals surface area contributed by atoms with Crippen molar-refractivity contribution in [2.75, 3.05) is 26.7 Å². The fourth-order valence-corrected chi connectivity index (χ4v) is 2.85. The van der Waals surface area contributed by atoms with Crippen molar-refractivity contribution in [2.24, 2.45) is 0 Å². The molecule has 0 radical (unpaired) electrons. The molecule has 0 spiro atoms. The average molecular weight is 342 g/mol. The third-order valence-corrected chi connectivity index (χ3v) is 4.20. The highest BCUT2D eigenvalue weighted by atomic mass is 16.5. The lowest BCUT2D eigenvalue weighted by molar-refractivity contribution is -0.120. The van der Waals surface area contributed by atoms with Gasteiger partial charge in [-0.2, -0.15) is 0 Å². The maximum atomic E-state index is 12.3. The molecule has 1 atom stereocenters. The third kappa shape index (κ3) is 5.53. The first-order chi connectivity index (χ1) is 12.2. The molecule has 1 aromatic heterocycles. The van der Waals surface area contributed by atoms with Gasteiger partial charge in [0.1, 0.15) is 12.1 Å². The molecule has 1 amide bonds. The molecule has 0 aliphatic rings. The van der Waals surface area contributed by atoms with Crippen molar-refractivity contribution in [1.29, 1.82) is 0 Å². The minimum absolute atomic E-state index is 0.0325. The van der Waals surface area contributed by atoms with Crippen LogP contribution in [0.25, 0.3) is 0 Å². The van der Waals surface area contributed by atoms with Crippen LogP contribution in [0.1, 0.15) is 31.0 Å². The molecular weight excluding hydrogens is 316 g/mol. The van der Waals surface area contributed by atoms with Gasteiger partial charge in [0, 0.05) is 18.9 Å². The highest BCUT2D eigenvalue weighted by Gasteiger charge is 2.19. The van der Waals surface area contributed by atoms with Crippen molar-refractivity contribution in [3.63, 3.8) is 0 Å². The van der Waals surface area contributed by atoms with Gasteiger partial charge in [-0.25, -0.2) is 9.97 Å². The second-order valence-electron chi connectivity index (χ2n) is 5.74. The lowest BCUT2D eigenvalue weighted by Gasteiger charge is -2.30. The Balaban J connectivity index is 2.06. The number of rotatable bonds is 9. The summed E-state index contributed by atoms with van der Waals surface area (Å²) in [5, 5.41) is 3.04. The van der Waals surface area contributed by atoms with E-state index < -0.39 is 0 Å². The van der Waals surface area contributed by atoms with E-state index >= 15 is 0 Å². The van der Waals surface area contributed by atoms with Crippen LogP contribution >= 0.6 is 0 Å². The summed E-state index contributed by atoms with van der Waals surface area (Å²) in [6, 6.07) is 8.11. The van der Waals surface area contributed by atoms with Gasteiger partial charge in [-0.3, -0.25) is 9.69 Å². The van der Waals surface area contributed by atoms with Gasteiger partial charge < -0.3 is 10.1 Å². The van der Waals surface area contributed by atoms with Crippen LogP contribution in [0, 0.1) is 0 Å². The molecule has 6 nitrogen and oxygen atoms in total. The molecule has 0 unspecified atom stereocenters. The lowest BCUT2D eigenvalue weighted by Crippen LogP contribution is -2.38. The second-order valence-corrected chi connectivity index (χ2v) is 5.74. The van der Waals surface area contributed by atoms with Gasteiger partial charge in [0.25, 0.3) is 0 Å². The monoisotopic (exact) mass is 342 g/mol. The topological polar surface area (TPSA) is 67.4 Å². The fourth-order valence-electron chi connectivity index (χ4n) is 2.85. The first-order valence-corrected chi connectivity index (χ1v) is 8.56. The number of nitrogens with one attached hydrogen (secondary N) is 1. The summed E-state index contributed by atoms with van der Waals surface area (Å²) in [7, 11) is 1.66. The molecule has 134 valence electrons. The number of aromatic nitrogens is 2. The number of ether oxygens (including phenoxy) is 1. The first kappa shape index (κ1) is 18.9. The van der Waals surface area contributed by atoms with Crippen LogP contribution in [-0.2, 0) is 11.2 Å². The average Bonchev–Trinajstić information content (AvgIpc) is 2.66. The quantitative estimate of drug-likeness (QED) is 0.757. The maximum Gasteiger partial charge on any atom is 0.224 e. The SMILES string of the molecule is CCN(CC)[C@@H](CNC(=O)Cc1cncnc1)c1cccc(OC)c1. The van der Waals surface area contributed by atoms with E-state index in [2.05, 4.69) is 40.1 Å². The summed E-state index contributed by atoms with van der Waals surface area (Å²) < 4.78 is 5.34. The van der Waals surface area contributed by atoms with Crippen LogP contribution in [0.15, 0.2) is 43.0 Å². The molecule has 25 heavy (non-hydrogen) atoms. The van der Waals surface area contributed by atoms with E-state index in [-0.39, 0.29) is 18.4 Å². The summed E-state index contributed by atoms with van der Waals surface area (Å²) in [5.41, 5.74) is 1.94. The number of carbonyl (C=O) groups excluding carboxylic acids is 1. The van der Waals surface area contributed by atoms with E-state index in [1.165, 1.54) is 6.33 Å². The minimum Gasteiger partial charge on any atom is -0.497 e. The number of benzene rings is 1. The van der Waals surface area contributed by atoms with Gasteiger partial charge in [0.15, 0.2) is 0 Å². The van der Waals surface area contributed by atoms with Crippen molar-refractivity contribution in [3.05, 3.63) is 54.1 Å². The zero-order valence-electron chi connectivity index (χ0n) is 15.1. The van der Waals surface area contributed by atoms with Crippen molar-refractivity contribution < 1.29 is 9.53 Å². The third-order valence-electron chi connectivity index (χ3n) is 4.20. The Hall–Kier alpha value is -2.47. The molecule has 0 aliphatic heterocycles. The van der Waals surface area contributed by atoms with Crippen LogP contribution < -0.4 is 10.1 Å². The van der Waals surface area contributed by atoms with Crippen molar-refractivity contribution >= 4 is 5.91 Å². The molecule has 0 aliphatic carbocycles. The predicted molar refractivity (Wildman–Crippen MR) is 97.4 cm³/mol. The molecule has 6 heteroatoms.